The van der Waals surface area contributed by atoms with Crippen LogP contribution in [0.3, 0.4) is 0 Å². The highest BCUT2D eigenvalue weighted by Crippen LogP contribution is 2.41. The molecule has 0 amide bonds. The summed E-state index contributed by atoms with van der Waals surface area (Å²) in [7, 11) is 1.71. The second kappa shape index (κ2) is 4.56. The highest BCUT2D eigenvalue weighted by Gasteiger charge is 2.26. The van der Waals surface area contributed by atoms with Crippen LogP contribution in [0.5, 0.6) is 5.75 Å². The topological polar surface area (TPSA) is 9.23 Å². The van der Waals surface area contributed by atoms with Crippen LogP contribution in [-0.2, 0) is 0 Å². The predicted octanol–water partition coefficient (Wildman–Crippen LogP) is 4.55. The zero-order valence-corrected chi connectivity index (χ0v) is 11.3. The third kappa shape index (κ3) is 2.71. The van der Waals surface area contributed by atoms with E-state index < -0.39 is 0 Å². The van der Waals surface area contributed by atoms with Gasteiger partial charge in [-0.1, -0.05) is 37.6 Å². The van der Waals surface area contributed by atoms with E-state index in [9.17, 15) is 0 Å². The summed E-state index contributed by atoms with van der Waals surface area (Å²) in [4.78, 5) is 0. The minimum Gasteiger partial charge on any atom is -0.497 e. The summed E-state index contributed by atoms with van der Waals surface area (Å²) in [6.45, 7) is 6.90. The number of benzene rings is 1. The van der Waals surface area contributed by atoms with Crippen LogP contribution < -0.4 is 4.74 Å². The van der Waals surface area contributed by atoms with Gasteiger partial charge in [0.2, 0.25) is 0 Å². The lowest BCUT2D eigenvalue weighted by atomic mass is 9.73. The highest BCUT2D eigenvalue weighted by molar-refractivity contribution is 5.35. The fraction of sp³-hybridized carbons (Fsp3) is 0.500. The van der Waals surface area contributed by atoms with E-state index in [4.69, 9.17) is 4.74 Å². The van der Waals surface area contributed by atoms with Gasteiger partial charge in [-0.3, -0.25) is 0 Å². The Labute approximate surface area is 104 Å². The van der Waals surface area contributed by atoms with Gasteiger partial charge in [0.1, 0.15) is 5.75 Å². The maximum Gasteiger partial charge on any atom is 0.118 e. The molecular weight excluding hydrogens is 208 g/mol. The fourth-order valence-electron chi connectivity index (χ4n) is 2.80. The maximum absolute atomic E-state index is 5.20. The van der Waals surface area contributed by atoms with Crippen LogP contribution in [-0.4, -0.2) is 7.11 Å². The number of ether oxygens (including phenoxy) is 1. The lowest BCUT2D eigenvalue weighted by Gasteiger charge is -2.32. The zero-order chi connectivity index (χ0) is 12.5. The van der Waals surface area contributed by atoms with Gasteiger partial charge in [-0.15, -0.1) is 0 Å². The molecule has 1 aromatic carbocycles. The normalized spacial score (nSPS) is 23.1. The van der Waals surface area contributed by atoms with E-state index in [1.54, 1.807) is 7.11 Å². The van der Waals surface area contributed by atoms with Crippen molar-refractivity contribution in [1.29, 1.82) is 0 Å². The molecule has 0 bridgehead atoms. The Morgan fingerprint density at radius 3 is 2.35 bits per heavy atom. The molecule has 1 aromatic rings. The molecule has 17 heavy (non-hydrogen) atoms. The first-order valence-corrected chi connectivity index (χ1v) is 6.35. The molecule has 0 heterocycles. The van der Waals surface area contributed by atoms with Gasteiger partial charge in [-0.05, 0) is 42.9 Å². The largest absolute Gasteiger partial charge is 0.497 e. The first kappa shape index (κ1) is 12.2. The number of methoxy groups -OCH3 is 1. The molecule has 1 aliphatic rings. The molecule has 0 fully saturated rings. The summed E-state index contributed by atoms with van der Waals surface area (Å²) in [6, 6.07) is 8.50. The van der Waals surface area contributed by atoms with Crippen molar-refractivity contribution in [2.24, 2.45) is 5.41 Å². The molecule has 0 N–H and O–H groups in total. The average molecular weight is 230 g/mol. The summed E-state index contributed by atoms with van der Waals surface area (Å²) < 4.78 is 5.20. The van der Waals surface area contributed by atoms with Crippen LogP contribution in [0.4, 0.5) is 0 Å². The van der Waals surface area contributed by atoms with E-state index in [-0.39, 0.29) is 0 Å². The summed E-state index contributed by atoms with van der Waals surface area (Å²) >= 11 is 0. The van der Waals surface area contributed by atoms with Crippen LogP contribution in [0, 0.1) is 5.41 Å². The first-order chi connectivity index (χ1) is 8.02. The van der Waals surface area contributed by atoms with Gasteiger partial charge in [0, 0.05) is 5.92 Å². The number of hydrogen-bond acceptors (Lipinski definition) is 1. The summed E-state index contributed by atoms with van der Waals surface area (Å²) in [5, 5.41) is 0. The Hall–Kier alpha value is -1.24. The van der Waals surface area contributed by atoms with Crippen LogP contribution in [0.1, 0.15) is 45.1 Å². The standard InChI is InChI=1S/C16H22O/c1-12-11-16(2,3)10-9-15(12)13-5-7-14(17-4)8-6-13/h5-8,11,15H,9-10H2,1-4H3. The van der Waals surface area contributed by atoms with E-state index in [2.05, 4.69) is 51.1 Å². The minimum atomic E-state index is 0.368. The molecule has 92 valence electrons. The molecule has 1 atom stereocenters. The Bertz CT molecular complexity index is 412. The lowest BCUT2D eigenvalue weighted by molar-refractivity contribution is 0.379. The van der Waals surface area contributed by atoms with E-state index in [0.29, 0.717) is 11.3 Å². The highest BCUT2D eigenvalue weighted by atomic mass is 16.5. The molecule has 1 aliphatic carbocycles. The van der Waals surface area contributed by atoms with Crippen molar-refractivity contribution < 1.29 is 4.74 Å². The number of allylic oxidation sites excluding steroid dienone is 2. The Morgan fingerprint density at radius 2 is 1.82 bits per heavy atom. The van der Waals surface area contributed by atoms with Gasteiger partial charge < -0.3 is 4.74 Å². The first-order valence-electron chi connectivity index (χ1n) is 6.35. The van der Waals surface area contributed by atoms with E-state index >= 15 is 0 Å². The third-order valence-corrected chi connectivity index (χ3v) is 3.76. The van der Waals surface area contributed by atoms with Crippen molar-refractivity contribution in [2.45, 2.75) is 39.5 Å². The Kier molecular flexibility index (Phi) is 3.28. The number of rotatable bonds is 2. The van der Waals surface area contributed by atoms with E-state index in [0.717, 1.165) is 5.75 Å². The quantitative estimate of drug-likeness (QED) is 0.677. The van der Waals surface area contributed by atoms with Gasteiger partial charge in [-0.2, -0.15) is 0 Å². The van der Waals surface area contributed by atoms with Crippen molar-refractivity contribution in [3.8, 4) is 5.75 Å². The molecule has 1 nitrogen and oxygen atoms in total. The molecule has 1 unspecified atom stereocenters. The van der Waals surface area contributed by atoms with E-state index in [1.807, 2.05) is 0 Å². The molecule has 2 rings (SSSR count). The van der Waals surface area contributed by atoms with Crippen molar-refractivity contribution in [3.63, 3.8) is 0 Å². The monoisotopic (exact) mass is 230 g/mol. The lowest BCUT2D eigenvalue weighted by Crippen LogP contribution is -2.17. The number of hydrogen-bond donors (Lipinski definition) is 0. The van der Waals surface area contributed by atoms with Crippen molar-refractivity contribution in [1.82, 2.24) is 0 Å². The molecule has 0 aliphatic heterocycles. The molecule has 0 radical (unpaired) electrons. The van der Waals surface area contributed by atoms with Crippen LogP contribution >= 0.6 is 0 Å². The van der Waals surface area contributed by atoms with Gasteiger partial charge in [0.15, 0.2) is 0 Å². The van der Waals surface area contributed by atoms with Crippen LogP contribution in [0.2, 0.25) is 0 Å². The van der Waals surface area contributed by atoms with Crippen LogP contribution in [0.15, 0.2) is 35.9 Å². The Balaban J connectivity index is 2.23. The SMILES string of the molecule is COc1ccc(C2CCC(C)(C)C=C2C)cc1. The van der Waals surface area contributed by atoms with Gasteiger partial charge in [0.25, 0.3) is 0 Å². The minimum absolute atomic E-state index is 0.368. The van der Waals surface area contributed by atoms with E-state index in [1.165, 1.54) is 24.0 Å². The maximum atomic E-state index is 5.20. The van der Waals surface area contributed by atoms with Gasteiger partial charge >= 0.3 is 0 Å². The average Bonchev–Trinajstić information content (AvgIpc) is 2.28. The predicted molar refractivity (Wildman–Crippen MR) is 72.5 cm³/mol. The zero-order valence-electron chi connectivity index (χ0n) is 11.3. The molecule has 1 heteroatoms. The molecule has 0 saturated carbocycles. The molecule has 0 saturated heterocycles. The summed E-state index contributed by atoms with van der Waals surface area (Å²) in [5.41, 5.74) is 3.29. The second-order valence-electron chi connectivity index (χ2n) is 5.74. The Morgan fingerprint density at radius 1 is 1.18 bits per heavy atom. The smallest absolute Gasteiger partial charge is 0.118 e. The summed E-state index contributed by atoms with van der Waals surface area (Å²) in [6.07, 6.45) is 4.95. The van der Waals surface area contributed by atoms with Gasteiger partial charge in [0.05, 0.1) is 7.11 Å². The van der Waals surface area contributed by atoms with Crippen LogP contribution in [0.25, 0.3) is 0 Å². The summed E-state index contributed by atoms with van der Waals surface area (Å²) in [5.74, 6) is 1.53. The van der Waals surface area contributed by atoms with Crippen molar-refractivity contribution >= 4 is 0 Å². The van der Waals surface area contributed by atoms with Crippen molar-refractivity contribution in [3.05, 3.63) is 41.5 Å². The fourth-order valence-corrected chi connectivity index (χ4v) is 2.80. The molecule has 0 spiro atoms. The second-order valence-corrected chi connectivity index (χ2v) is 5.74. The van der Waals surface area contributed by atoms with Gasteiger partial charge in [-0.25, -0.2) is 0 Å². The molecule has 0 aromatic heterocycles. The third-order valence-electron chi connectivity index (χ3n) is 3.76. The molecular formula is C16H22O. The van der Waals surface area contributed by atoms with Crippen molar-refractivity contribution in [2.75, 3.05) is 7.11 Å².